The van der Waals surface area contributed by atoms with Crippen LogP contribution in [0.5, 0.6) is 5.75 Å². The summed E-state index contributed by atoms with van der Waals surface area (Å²) >= 11 is 3.39. The fourth-order valence-electron chi connectivity index (χ4n) is 2.61. The third-order valence-electron chi connectivity index (χ3n) is 4.06. The highest BCUT2D eigenvalue weighted by Crippen LogP contribution is 2.23. The molecular formula is C23H19BrN2O3. The zero-order valence-corrected chi connectivity index (χ0v) is 17.3. The zero-order valence-electron chi connectivity index (χ0n) is 15.7. The molecule has 0 aliphatic heterocycles. The first-order valence-electron chi connectivity index (χ1n) is 8.85. The molecule has 0 aromatic heterocycles. The molecule has 0 heterocycles. The fraction of sp³-hybridized carbons (Fsp3) is 0.0435. The molecule has 0 bridgehead atoms. The average molecular weight is 451 g/mol. The van der Waals surface area contributed by atoms with E-state index in [0.717, 1.165) is 10.0 Å². The van der Waals surface area contributed by atoms with Gasteiger partial charge in [-0.1, -0.05) is 58.4 Å². The number of carbonyl (C=O) groups excluding carboxylic acids is 2. The van der Waals surface area contributed by atoms with Crippen molar-refractivity contribution in [2.24, 2.45) is 0 Å². The number of amides is 2. The van der Waals surface area contributed by atoms with Gasteiger partial charge in [0.05, 0.1) is 12.8 Å². The third kappa shape index (κ3) is 5.56. The van der Waals surface area contributed by atoms with E-state index in [-0.39, 0.29) is 11.6 Å². The third-order valence-corrected chi connectivity index (χ3v) is 4.59. The van der Waals surface area contributed by atoms with Gasteiger partial charge in [0.1, 0.15) is 11.4 Å². The summed E-state index contributed by atoms with van der Waals surface area (Å²) in [5, 5.41) is 5.51. The Morgan fingerprint density at radius 2 is 1.55 bits per heavy atom. The number of benzene rings is 3. The average Bonchev–Trinajstić information content (AvgIpc) is 2.75. The van der Waals surface area contributed by atoms with Crippen LogP contribution in [0.1, 0.15) is 15.9 Å². The summed E-state index contributed by atoms with van der Waals surface area (Å²) < 4.78 is 6.20. The molecule has 0 saturated carbocycles. The lowest BCUT2D eigenvalue weighted by atomic mass is 10.1. The van der Waals surface area contributed by atoms with Crippen molar-refractivity contribution in [2.75, 3.05) is 12.4 Å². The van der Waals surface area contributed by atoms with Crippen molar-refractivity contribution in [1.29, 1.82) is 0 Å². The minimum absolute atomic E-state index is 0.118. The van der Waals surface area contributed by atoms with Crippen LogP contribution in [-0.2, 0) is 4.79 Å². The van der Waals surface area contributed by atoms with E-state index in [1.54, 1.807) is 48.5 Å². The van der Waals surface area contributed by atoms with Crippen LogP contribution in [0.4, 0.5) is 5.69 Å². The fourth-order valence-corrected chi connectivity index (χ4v) is 2.87. The van der Waals surface area contributed by atoms with Crippen LogP contribution in [0.15, 0.2) is 89.0 Å². The van der Waals surface area contributed by atoms with Gasteiger partial charge in [-0.2, -0.15) is 0 Å². The topological polar surface area (TPSA) is 67.4 Å². The van der Waals surface area contributed by atoms with Crippen molar-refractivity contribution in [3.63, 3.8) is 0 Å². The Morgan fingerprint density at radius 3 is 2.24 bits per heavy atom. The molecule has 0 radical (unpaired) electrons. The van der Waals surface area contributed by atoms with Crippen molar-refractivity contribution in [3.05, 3.63) is 100 Å². The summed E-state index contributed by atoms with van der Waals surface area (Å²) in [4.78, 5) is 25.6. The monoisotopic (exact) mass is 450 g/mol. The number of carbonyl (C=O) groups is 2. The van der Waals surface area contributed by atoms with Gasteiger partial charge in [-0.25, -0.2) is 0 Å². The van der Waals surface area contributed by atoms with E-state index < -0.39 is 5.91 Å². The Kier molecular flexibility index (Phi) is 6.81. The molecule has 0 spiro atoms. The van der Waals surface area contributed by atoms with Crippen molar-refractivity contribution < 1.29 is 14.3 Å². The first-order valence-corrected chi connectivity index (χ1v) is 9.64. The summed E-state index contributed by atoms with van der Waals surface area (Å²) in [6.45, 7) is 0. The molecule has 3 aromatic carbocycles. The number of nitrogens with one attached hydrogen (secondary N) is 2. The maximum Gasteiger partial charge on any atom is 0.272 e. The van der Waals surface area contributed by atoms with E-state index in [1.165, 1.54) is 7.11 Å². The lowest BCUT2D eigenvalue weighted by Gasteiger charge is -2.13. The molecule has 3 rings (SSSR count). The predicted octanol–water partition coefficient (Wildman–Crippen LogP) is 4.87. The van der Waals surface area contributed by atoms with Gasteiger partial charge in [0.25, 0.3) is 11.8 Å². The Bertz CT molecular complexity index is 1030. The largest absolute Gasteiger partial charge is 0.495 e. The van der Waals surface area contributed by atoms with Gasteiger partial charge in [-0.15, -0.1) is 0 Å². The van der Waals surface area contributed by atoms with Crippen LogP contribution < -0.4 is 15.4 Å². The number of halogens is 1. The Labute approximate surface area is 177 Å². The Hall–Kier alpha value is -3.38. The number of ether oxygens (including phenoxy) is 1. The minimum Gasteiger partial charge on any atom is -0.495 e. The number of hydrogen-bond acceptors (Lipinski definition) is 3. The van der Waals surface area contributed by atoms with Gasteiger partial charge in [0.15, 0.2) is 0 Å². The van der Waals surface area contributed by atoms with Crippen molar-refractivity contribution in [3.8, 4) is 5.75 Å². The van der Waals surface area contributed by atoms with Gasteiger partial charge < -0.3 is 15.4 Å². The zero-order chi connectivity index (χ0) is 20.6. The lowest BCUT2D eigenvalue weighted by Crippen LogP contribution is -2.30. The van der Waals surface area contributed by atoms with Gasteiger partial charge in [-0.05, 0) is 48.0 Å². The summed E-state index contributed by atoms with van der Waals surface area (Å²) in [7, 11) is 1.53. The maximum absolute atomic E-state index is 13.0. The van der Waals surface area contributed by atoms with Crippen LogP contribution >= 0.6 is 15.9 Å². The van der Waals surface area contributed by atoms with E-state index in [2.05, 4.69) is 26.6 Å². The molecule has 0 fully saturated rings. The number of para-hydroxylation sites is 2. The van der Waals surface area contributed by atoms with Gasteiger partial charge >= 0.3 is 0 Å². The van der Waals surface area contributed by atoms with E-state index in [0.29, 0.717) is 17.0 Å². The second-order valence-corrected chi connectivity index (χ2v) is 7.00. The van der Waals surface area contributed by atoms with Crippen molar-refractivity contribution >= 4 is 39.5 Å². The molecule has 0 atom stereocenters. The summed E-state index contributed by atoms with van der Waals surface area (Å²) in [5.74, 6) is -0.302. The summed E-state index contributed by atoms with van der Waals surface area (Å²) in [5.41, 5.74) is 1.86. The molecule has 0 saturated heterocycles. The SMILES string of the molecule is COc1ccccc1NC(=O)C(=Cc1ccc(Br)cc1)NC(=O)c1ccccc1. The molecule has 0 aliphatic rings. The van der Waals surface area contributed by atoms with E-state index in [4.69, 9.17) is 4.74 Å². The Balaban J connectivity index is 1.90. The second-order valence-electron chi connectivity index (χ2n) is 6.08. The first kappa shape index (κ1) is 20.4. The molecule has 0 unspecified atom stereocenters. The van der Waals surface area contributed by atoms with Crippen LogP contribution in [0, 0.1) is 0 Å². The molecule has 2 N–H and O–H groups in total. The number of rotatable bonds is 6. The van der Waals surface area contributed by atoms with Gasteiger partial charge in [0.2, 0.25) is 0 Å². The van der Waals surface area contributed by atoms with Crippen LogP contribution in [0.25, 0.3) is 6.08 Å². The molecule has 5 nitrogen and oxygen atoms in total. The smallest absolute Gasteiger partial charge is 0.272 e. The first-order chi connectivity index (χ1) is 14.1. The van der Waals surface area contributed by atoms with Crippen molar-refractivity contribution in [1.82, 2.24) is 5.32 Å². The minimum atomic E-state index is -0.457. The Morgan fingerprint density at radius 1 is 0.897 bits per heavy atom. The molecule has 29 heavy (non-hydrogen) atoms. The highest BCUT2D eigenvalue weighted by Gasteiger charge is 2.16. The van der Waals surface area contributed by atoms with Crippen LogP contribution in [-0.4, -0.2) is 18.9 Å². The highest BCUT2D eigenvalue weighted by molar-refractivity contribution is 9.10. The lowest BCUT2D eigenvalue weighted by molar-refractivity contribution is -0.113. The molecule has 146 valence electrons. The molecule has 2 amide bonds. The summed E-state index contributed by atoms with van der Waals surface area (Å²) in [6, 6.07) is 23.2. The van der Waals surface area contributed by atoms with Gasteiger partial charge in [0, 0.05) is 10.0 Å². The van der Waals surface area contributed by atoms with Crippen molar-refractivity contribution in [2.45, 2.75) is 0 Å². The molecule has 0 aliphatic carbocycles. The standard InChI is InChI=1S/C23H19BrN2O3/c1-29-21-10-6-5-9-19(21)25-23(28)20(15-16-11-13-18(24)14-12-16)26-22(27)17-7-3-2-4-8-17/h2-15H,1H3,(H,25,28)(H,26,27). The van der Waals surface area contributed by atoms with E-state index in [1.807, 2.05) is 36.4 Å². The second kappa shape index (κ2) is 9.71. The molecule has 6 heteroatoms. The highest BCUT2D eigenvalue weighted by atomic mass is 79.9. The normalized spacial score (nSPS) is 10.9. The number of anilines is 1. The van der Waals surface area contributed by atoms with E-state index in [9.17, 15) is 9.59 Å². The predicted molar refractivity (Wildman–Crippen MR) is 118 cm³/mol. The van der Waals surface area contributed by atoms with E-state index >= 15 is 0 Å². The molecule has 3 aromatic rings. The van der Waals surface area contributed by atoms with Gasteiger partial charge in [-0.3, -0.25) is 9.59 Å². The maximum atomic E-state index is 13.0. The van der Waals surface area contributed by atoms with Crippen LogP contribution in [0.2, 0.25) is 0 Å². The number of hydrogen-bond donors (Lipinski definition) is 2. The quantitative estimate of drug-likeness (QED) is 0.526. The number of methoxy groups -OCH3 is 1. The van der Waals surface area contributed by atoms with Crippen LogP contribution in [0.3, 0.4) is 0 Å². The summed E-state index contributed by atoms with van der Waals surface area (Å²) in [6.07, 6.45) is 1.62. The molecular weight excluding hydrogens is 432 g/mol.